The summed E-state index contributed by atoms with van der Waals surface area (Å²) in [7, 11) is 1.11. The molecule has 1 heterocycles. The molecule has 0 spiro atoms. The Labute approximate surface area is 126 Å². The van der Waals surface area contributed by atoms with Gasteiger partial charge in [0.15, 0.2) is 17.1 Å². The number of hydrogen-bond acceptors (Lipinski definition) is 4. The maximum atomic E-state index is 13.9. The number of nitrogens with zero attached hydrogens (tertiary/aromatic N) is 2. The Balaban J connectivity index is 2.73. The van der Waals surface area contributed by atoms with Crippen LogP contribution >= 0.6 is 15.9 Å². The Morgan fingerprint density at radius 3 is 2.67 bits per heavy atom. The van der Waals surface area contributed by atoms with Crippen LogP contribution in [0.1, 0.15) is 10.4 Å². The molecule has 2 aromatic rings. The Morgan fingerprint density at radius 2 is 2.05 bits per heavy atom. The van der Waals surface area contributed by atoms with Crippen molar-refractivity contribution in [3.05, 3.63) is 57.6 Å². The average Bonchev–Trinajstić information content (AvgIpc) is 2.45. The van der Waals surface area contributed by atoms with E-state index in [-0.39, 0.29) is 11.1 Å². The third-order valence-corrected chi connectivity index (χ3v) is 3.04. The number of rotatable bonds is 2. The van der Waals surface area contributed by atoms with Crippen LogP contribution in [-0.2, 0) is 4.74 Å². The van der Waals surface area contributed by atoms with E-state index in [1.54, 1.807) is 6.07 Å². The normalized spacial score (nSPS) is 11.5. The second-order valence-corrected chi connectivity index (χ2v) is 4.83. The van der Waals surface area contributed by atoms with Gasteiger partial charge in [0.1, 0.15) is 5.69 Å². The van der Waals surface area contributed by atoms with Crippen molar-refractivity contribution in [2.75, 3.05) is 7.11 Å². The summed E-state index contributed by atoms with van der Waals surface area (Å²) in [5, 5.41) is 9.66. The summed E-state index contributed by atoms with van der Waals surface area (Å²) in [6, 6.07) is 4.76. The average molecular weight is 359 g/mol. The van der Waals surface area contributed by atoms with Gasteiger partial charge in [-0.15, -0.1) is 0 Å². The van der Waals surface area contributed by atoms with Crippen LogP contribution in [0.3, 0.4) is 0 Å². The van der Waals surface area contributed by atoms with Gasteiger partial charge in [-0.3, -0.25) is 0 Å². The fourth-order valence-electron chi connectivity index (χ4n) is 1.58. The summed E-state index contributed by atoms with van der Waals surface area (Å²) in [5.74, 6) is -3.34. The Bertz CT molecular complexity index is 774. The van der Waals surface area contributed by atoms with Crippen molar-refractivity contribution in [3.8, 4) is 0 Å². The second kappa shape index (κ2) is 6.04. The Morgan fingerprint density at radius 1 is 1.33 bits per heavy atom. The summed E-state index contributed by atoms with van der Waals surface area (Å²) < 4.78 is 32.9. The van der Waals surface area contributed by atoms with Gasteiger partial charge in [-0.2, -0.15) is 4.73 Å². The first kappa shape index (κ1) is 15.2. The molecule has 0 unspecified atom stereocenters. The molecule has 2 rings (SSSR count). The maximum absolute atomic E-state index is 13.9. The minimum absolute atomic E-state index is 0.0900. The zero-order valence-corrected chi connectivity index (χ0v) is 12.3. The van der Waals surface area contributed by atoms with Gasteiger partial charge < -0.3 is 9.94 Å². The molecule has 110 valence electrons. The lowest BCUT2D eigenvalue weighted by molar-refractivity contribution is 0.0601. The van der Waals surface area contributed by atoms with Crippen molar-refractivity contribution in [1.82, 2.24) is 4.73 Å². The standard InChI is InChI=1S/C13H9BrF2N2O3/c1-21-13(19)8-3-4-9(15)11(16)12(8)17-10-5-2-7(14)6-18(10)20/h2-6,20H,1H3. The lowest BCUT2D eigenvalue weighted by Crippen LogP contribution is -2.17. The third kappa shape index (κ3) is 3.10. The maximum Gasteiger partial charge on any atom is 0.340 e. The first-order valence-corrected chi connectivity index (χ1v) is 6.42. The predicted octanol–water partition coefficient (Wildman–Crippen LogP) is 2.79. The first-order valence-electron chi connectivity index (χ1n) is 5.62. The molecule has 0 aliphatic rings. The highest BCUT2D eigenvalue weighted by atomic mass is 79.9. The van der Waals surface area contributed by atoms with Gasteiger partial charge in [0.25, 0.3) is 0 Å². The van der Waals surface area contributed by atoms with Crippen molar-refractivity contribution in [1.29, 1.82) is 0 Å². The number of methoxy groups -OCH3 is 1. The number of aromatic nitrogens is 1. The summed E-state index contributed by atoms with van der Waals surface area (Å²) in [6.45, 7) is 0. The quantitative estimate of drug-likeness (QED) is 0.663. The lowest BCUT2D eigenvalue weighted by Gasteiger charge is -2.06. The van der Waals surface area contributed by atoms with E-state index >= 15 is 0 Å². The van der Waals surface area contributed by atoms with E-state index in [0.717, 1.165) is 19.2 Å². The Kier molecular flexibility index (Phi) is 4.37. The molecule has 0 atom stereocenters. The topological polar surface area (TPSA) is 63.8 Å². The number of pyridine rings is 1. The van der Waals surface area contributed by atoms with Crippen LogP contribution in [0.5, 0.6) is 0 Å². The van der Waals surface area contributed by atoms with Crippen LogP contribution in [-0.4, -0.2) is 23.0 Å². The molecule has 0 amide bonds. The zero-order valence-electron chi connectivity index (χ0n) is 10.7. The predicted molar refractivity (Wildman–Crippen MR) is 72.2 cm³/mol. The highest BCUT2D eigenvalue weighted by molar-refractivity contribution is 9.10. The number of benzene rings is 1. The molecule has 0 saturated heterocycles. The van der Waals surface area contributed by atoms with E-state index in [9.17, 15) is 18.8 Å². The Hall–Kier alpha value is -2.22. The van der Waals surface area contributed by atoms with Crippen molar-refractivity contribution < 1.29 is 23.5 Å². The van der Waals surface area contributed by atoms with Gasteiger partial charge in [-0.1, -0.05) is 0 Å². The number of carbonyl (C=O) groups excluding carboxylic acids is 1. The van der Waals surface area contributed by atoms with E-state index < -0.39 is 23.3 Å². The molecule has 0 bridgehead atoms. The van der Waals surface area contributed by atoms with Gasteiger partial charge in [-0.05, 0) is 40.2 Å². The van der Waals surface area contributed by atoms with Gasteiger partial charge in [0.05, 0.1) is 18.9 Å². The molecule has 1 N–H and O–H groups in total. The van der Waals surface area contributed by atoms with Gasteiger partial charge in [0, 0.05) is 4.47 Å². The SMILES string of the molecule is COC(=O)c1ccc(F)c(F)c1N=c1ccc(Br)cn1O. The minimum atomic E-state index is -1.30. The number of esters is 1. The fraction of sp³-hybridized carbons (Fsp3) is 0.0769. The number of halogens is 3. The largest absolute Gasteiger partial charge is 0.465 e. The van der Waals surface area contributed by atoms with Crippen molar-refractivity contribution in [2.24, 2.45) is 4.99 Å². The lowest BCUT2D eigenvalue weighted by atomic mass is 10.1. The van der Waals surface area contributed by atoms with E-state index in [4.69, 9.17) is 0 Å². The van der Waals surface area contributed by atoms with E-state index in [2.05, 4.69) is 25.7 Å². The highest BCUT2D eigenvalue weighted by Gasteiger charge is 2.19. The minimum Gasteiger partial charge on any atom is -0.465 e. The molecule has 5 nitrogen and oxygen atoms in total. The number of hydrogen-bond donors (Lipinski definition) is 1. The molecule has 0 aliphatic heterocycles. The highest BCUT2D eigenvalue weighted by Crippen LogP contribution is 2.25. The number of carbonyl (C=O) groups is 1. The summed E-state index contributed by atoms with van der Waals surface area (Å²) in [4.78, 5) is 15.4. The smallest absolute Gasteiger partial charge is 0.340 e. The van der Waals surface area contributed by atoms with Crippen LogP contribution in [0.25, 0.3) is 0 Å². The molecule has 0 radical (unpaired) electrons. The van der Waals surface area contributed by atoms with Crippen molar-refractivity contribution in [3.63, 3.8) is 0 Å². The number of ether oxygens (including phenoxy) is 1. The van der Waals surface area contributed by atoms with E-state index in [1.807, 2.05) is 0 Å². The van der Waals surface area contributed by atoms with Gasteiger partial charge >= 0.3 is 5.97 Å². The molecule has 1 aromatic heterocycles. The van der Waals surface area contributed by atoms with Crippen LogP contribution in [0.15, 0.2) is 39.9 Å². The van der Waals surface area contributed by atoms with Crippen LogP contribution in [0.4, 0.5) is 14.5 Å². The van der Waals surface area contributed by atoms with E-state index in [0.29, 0.717) is 9.20 Å². The molecule has 1 aromatic carbocycles. The molecule has 0 fully saturated rings. The molecule has 21 heavy (non-hydrogen) atoms. The summed E-state index contributed by atoms with van der Waals surface area (Å²) >= 11 is 3.13. The first-order chi connectivity index (χ1) is 9.93. The van der Waals surface area contributed by atoms with Crippen LogP contribution in [0.2, 0.25) is 0 Å². The summed E-state index contributed by atoms with van der Waals surface area (Å²) in [6.07, 6.45) is 1.26. The monoisotopic (exact) mass is 358 g/mol. The second-order valence-electron chi connectivity index (χ2n) is 3.91. The van der Waals surface area contributed by atoms with E-state index in [1.165, 1.54) is 12.3 Å². The molecular formula is C13H9BrF2N2O3. The van der Waals surface area contributed by atoms with Crippen molar-refractivity contribution >= 4 is 27.6 Å². The molecule has 0 aliphatic carbocycles. The van der Waals surface area contributed by atoms with Gasteiger partial charge in [0.2, 0.25) is 0 Å². The third-order valence-electron chi connectivity index (χ3n) is 2.57. The van der Waals surface area contributed by atoms with Gasteiger partial charge in [-0.25, -0.2) is 18.6 Å². The van der Waals surface area contributed by atoms with Crippen LogP contribution < -0.4 is 5.49 Å². The molecule has 0 saturated carbocycles. The fourth-order valence-corrected chi connectivity index (χ4v) is 1.91. The van der Waals surface area contributed by atoms with Crippen molar-refractivity contribution in [2.45, 2.75) is 0 Å². The summed E-state index contributed by atoms with van der Waals surface area (Å²) in [5.41, 5.74) is -0.890. The molecular weight excluding hydrogens is 350 g/mol. The molecule has 8 heteroatoms. The van der Waals surface area contributed by atoms with Crippen LogP contribution in [0, 0.1) is 11.6 Å². The zero-order chi connectivity index (χ0) is 15.6.